The second-order valence-corrected chi connectivity index (χ2v) is 6.70. The predicted octanol–water partition coefficient (Wildman–Crippen LogP) is 2.98. The number of nitrogens with zero attached hydrogens (tertiary/aromatic N) is 1. The molecule has 0 saturated carbocycles. The minimum atomic E-state index is -0.711. The summed E-state index contributed by atoms with van der Waals surface area (Å²) in [6.45, 7) is 5.56. The average molecular weight is 335 g/mol. The van der Waals surface area contributed by atoms with E-state index in [-0.39, 0.29) is 11.8 Å². The van der Waals surface area contributed by atoms with E-state index in [2.05, 4.69) is 15.6 Å². The van der Waals surface area contributed by atoms with Crippen LogP contribution in [0.25, 0.3) is 0 Å². The second-order valence-electron chi connectivity index (χ2n) is 5.47. The predicted molar refractivity (Wildman–Crippen MR) is 88.0 cm³/mol. The molecule has 0 saturated heterocycles. The number of hydrogen-bond acceptors (Lipinski definition) is 4. The van der Waals surface area contributed by atoms with Crippen molar-refractivity contribution < 1.29 is 14.0 Å². The molecule has 2 rings (SSSR count). The third-order valence-electron chi connectivity index (χ3n) is 3.19. The van der Waals surface area contributed by atoms with E-state index in [0.717, 1.165) is 4.88 Å². The zero-order chi connectivity index (χ0) is 17.0. The Balaban J connectivity index is 2.07. The van der Waals surface area contributed by atoms with Crippen molar-refractivity contribution in [2.45, 2.75) is 26.8 Å². The first-order chi connectivity index (χ1) is 10.9. The summed E-state index contributed by atoms with van der Waals surface area (Å²) < 4.78 is 12.9. The number of nitrogens with one attached hydrogen (secondary N) is 2. The Bertz CT molecular complexity index is 698. The number of benzene rings is 1. The molecule has 1 heterocycles. The van der Waals surface area contributed by atoms with Gasteiger partial charge in [-0.15, -0.1) is 11.3 Å². The van der Waals surface area contributed by atoms with Crippen molar-refractivity contribution in [3.63, 3.8) is 0 Å². The number of aryl methyl sites for hydroxylation is 1. The highest BCUT2D eigenvalue weighted by molar-refractivity contribution is 7.15. The van der Waals surface area contributed by atoms with Gasteiger partial charge >= 0.3 is 0 Å². The van der Waals surface area contributed by atoms with Gasteiger partial charge in [-0.3, -0.25) is 9.59 Å². The summed E-state index contributed by atoms with van der Waals surface area (Å²) in [6.07, 6.45) is 1.67. The normalized spacial score (nSPS) is 12.0. The van der Waals surface area contributed by atoms with Crippen molar-refractivity contribution in [3.8, 4) is 0 Å². The van der Waals surface area contributed by atoms with Crippen LogP contribution in [0.3, 0.4) is 0 Å². The van der Waals surface area contributed by atoms with Gasteiger partial charge in [-0.25, -0.2) is 9.37 Å². The van der Waals surface area contributed by atoms with Gasteiger partial charge in [0.05, 0.1) is 0 Å². The summed E-state index contributed by atoms with van der Waals surface area (Å²) in [5.41, 5.74) is 0.301. The zero-order valence-corrected chi connectivity index (χ0v) is 13.9. The molecule has 2 aromatic rings. The molecule has 0 aliphatic carbocycles. The van der Waals surface area contributed by atoms with E-state index in [9.17, 15) is 14.0 Å². The van der Waals surface area contributed by atoms with E-state index in [4.69, 9.17) is 0 Å². The SMILES string of the molecule is Cc1cnc(NC(=O)C(NC(=O)c2ccc(F)cc2)C(C)C)s1. The van der Waals surface area contributed by atoms with Crippen LogP contribution in [0.5, 0.6) is 0 Å². The molecule has 1 atom stereocenters. The lowest BCUT2D eigenvalue weighted by Crippen LogP contribution is -2.47. The van der Waals surface area contributed by atoms with E-state index in [1.54, 1.807) is 6.20 Å². The maximum Gasteiger partial charge on any atom is 0.251 e. The van der Waals surface area contributed by atoms with E-state index >= 15 is 0 Å². The van der Waals surface area contributed by atoms with Crippen LogP contribution in [0.1, 0.15) is 29.1 Å². The molecule has 2 N–H and O–H groups in total. The minimum Gasteiger partial charge on any atom is -0.340 e. The molecule has 1 aromatic carbocycles. The van der Waals surface area contributed by atoms with E-state index < -0.39 is 17.8 Å². The molecule has 5 nitrogen and oxygen atoms in total. The number of halogens is 1. The molecule has 0 bridgehead atoms. The van der Waals surface area contributed by atoms with Crippen molar-refractivity contribution in [1.82, 2.24) is 10.3 Å². The molecule has 23 heavy (non-hydrogen) atoms. The monoisotopic (exact) mass is 335 g/mol. The van der Waals surface area contributed by atoms with Crippen LogP contribution in [0.4, 0.5) is 9.52 Å². The van der Waals surface area contributed by atoms with Gasteiger partial charge in [0.1, 0.15) is 11.9 Å². The zero-order valence-electron chi connectivity index (χ0n) is 13.1. The highest BCUT2D eigenvalue weighted by Gasteiger charge is 2.25. The van der Waals surface area contributed by atoms with Crippen LogP contribution in [0.15, 0.2) is 30.5 Å². The molecule has 1 unspecified atom stereocenters. The highest BCUT2D eigenvalue weighted by Crippen LogP contribution is 2.17. The molecule has 0 radical (unpaired) electrons. The number of rotatable bonds is 5. The summed E-state index contributed by atoms with van der Waals surface area (Å²) in [7, 11) is 0. The van der Waals surface area contributed by atoms with Crippen molar-refractivity contribution in [1.29, 1.82) is 0 Å². The molecule has 122 valence electrons. The fourth-order valence-corrected chi connectivity index (χ4v) is 2.62. The third-order valence-corrected chi connectivity index (χ3v) is 4.02. The van der Waals surface area contributed by atoms with Crippen LogP contribution in [-0.2, 0) is 4.79 Å². The Morgan fingerprint density at radius 3 is 2.39 bits per heavy atom. The van der Waals surface area contributed by atoms with Crippen LogP contribution < -0.4 is 10.6 Å². The Morgan fingerprint density at radius 2 is 1.87 bits per heavy atom. The molecule has 0 fully saturated rings. The molecular weight excluding hydrogens is 317 g/mol. The van der Waals surface area contributed by atoms with E-state index in [1.165, 1.54) is 35.6 Å². The van der Waals surface area contributed by atoms with Gasteiger partial charge in [-0.2, -0.15) is 0 Å². The first-order valence-electron chi connectivity index (χ1n) is 7.16. The molecule has 0 aliphatic rings. The first-order valence-corrected chi connectivity index (χ1v) is 7.98. The average Bonchev–Trinajstić information content (AvgIpc) is 2.89. The van der Waals surface area contributed by atoms with Crippen LogP contribution >= 0.6 is 11.3 Å². The van der Waals surface area contributed by atoms with Gasteiger partial charge in [0.25, 0.3) is 5.91 Å². The molecule has 1 aromatic heterocycles. The van der Waals surface area contributed by atoms with Crippen LogP contribution in [-0.4, -0.2) is 22.8 Å². The van der Waals surface area contributed by atoms with E-state index in [1.807, 2.05) is 20.8 Å². The van der Waals surface area contributed by atoms with Crippen LogP contribution in [0.2, 0.25) is 0 Å². The Morgan fingerprint density at radius 1 is 1.22 bits per heavy atom. The Labute approximate surface area is 137 Å². The van der Waals surface area contributed by atoms with Crippen LogP contribution in [0, 0.1) is 18.7 Å². The molecule has 2 amide bonds. The Hall–Kier alpha value is -2.28. The molecule has 7 heteroatoms. The maximum absolute atomic E-state index is 12.9. The third kappa shape index (κ3) is 4.59. The Kier molecular flexibility index (Phi) is 5.44. The second kappa shape index (κ2) is 7.32. The topological polar surface area (TPSA) is 71.1 Å². The molecular formula is C16H18FN3O2S. The first kappa shape index (κ1) is 17.1. The van der Waals surface area contributed by atoms with Crippen molar-refractivity contribution in [2.75, 3.05) is 5.32 Å². The number of anilines is 1. The van der Waals surface area contributed by atoms with Gasteiger partial charge in [-0.1, -0.05) is 13.8 Å². The van der Waals surface area contributed by atoms with Gasteiger partial charge in [0.15, 0.2) is 5.13 Å². The fourth-order valence-electron chi connectivity index (χ4n) is 1.96. The number of thiazole rings is 1. The largest absolute Gasteiger partial charge is 0.340 e. The standard InChI is InChI=1S/C16H18FN3O2S/c1-9(2)13(15(22)20-16-18-8-10(3)23-16)19-14(21)11-4-6-12(17)7-5-11/h4-9,13H,1-3H3,(H,19,21)(H,18,20,22). The number of amides is 2. The fraction of sp³-hybridized carbons (Fsp3) is 0.312. The lowest BCUT2D eigenvalue weighted by Gasteiger charge is -2.21. The summed E-state index contributed by atoms with van der Waals surface area (Å²) in [4.78, 5) is 29.6. The molecule has 0 aliphatic heterocycles. The van der Waals surface area contributed by atoms with Crippen molar-refractivity contribution in [2.24, 2.45) is 5.92 Å². The maximum atomic E-state index is 12.9. The summed E-state index contributed by atoms with van der Waals surface area (Å²) >= 11 is 1.36. The van der Waals surface area contributed by atoms with Gasteiger partial charge < -0.3 is 10.6 Å². The number of aromatic nitrogens is 1. The molecule has 0 spiro atoms. The van der Waals surface area contributed by atoms with E-state index in [0.29, 0.717) is 10.7 Å². The lowest BCUT2D eigenvalue weighted by atomic mass is 10.0. The summed E-state index contributed by atoms with van der Waals surface area (Å²) in [5, 5.41) is 5.88. The van der Waals surface area contributed by atoms with Gasteiger partial charge in [0, 0.05) is 16.6 Å². The smallest absolute Gasteiger partial charge is 0.251 e. The number of hydrogen-bond donors (Lipinski definition) is 2. The van der Waals surface area contributed by atoms with Crippen molar-refractivity contribution >= 4 is 28.3 Å². The summed E-state index contributed by atoms with van der Waals surface area (Å²) in [5.74, 6) is -1.28. The minimum absolute atomic E-state index is 0.111. The quantitative estimate of drug-likeness (QED) is 0.882. The van der Waals surface area contributed by atoms with Gasteiger partial charge in [0.2, 0.25) is 5.91 Å². The summed E-state index contributed by atoms with van der Waals surface area (Å²) in [6, 6.07) is 4.46. The number of carbonyl (C=O) groups excluding carboxylic acids is 2. The van der Waals surface area contributed by atoms with Crippen molar-refractivity contribution in [3.05, 3.63) is 46.7 Å². The lowest BCUT2D eigenvalue weighted by molar-refractivity contribution is -0.118. The number of carbonyl (C=O) groups is 2. The highest BCUT2D eigenvalue weighted by atomic mass is 32.1. The van der Waals surface area contributed by atoms with Gasteiger partial charge in [-0.05, 0) is 37.1 Å².